The number of benzene rings is 1. The zero-order valence-corrected chi connectivity index (χ0v) is 14.7. The van der Waals surface area contributed by atoms with Crippen LogP contribution in [-0.4, -0.2) is 48.7 Å². The van der Waals surface area contributed by atoms with Gasteiger partial charge in [0, 0.05) is 24.5 Å². The molecule has 0 bridgehead atoms. The molecule has 1 saturated carbocycles. The number of nitrogens with zero attached hydrogens (tertiary/aromatic N) is 1. The molecule has 1 aromatic carbocycles. The molecule has 3 N–H and O–H groups in total. The molecule has 0 saturated heterocycles. The van der Waals surface area contributed by atoms with Crippen molar-refractivity contribution in [3.8, 4) is 0 Å². The summed E-state index contributed by atoms with van der Waals surface area (Å²) in [5, 5.41) is 13.7. The number of rotatable bonds is 6. The van der Waals surface area contributed by atoms with Gasteiger partial charge in [-0.1, -0.05) is 12.1 Å². The van der Waals surface area contributed by atoms with Gasteiger partial charge in [0.2, 0.25) is 5.91 Å². The van der Waals surface area contributed by atoms with Gasteiger partial charge < -0.3 is 15.7 Å². The van der Waals surface area contributed by atoms with Gasteiger partial charge in [0.25, 0.3) is 0 Å². The van der Waals surface area contributed by atoms with Crippen molar-refractivity contribution in [3.63, 3.8) is 0 Å². The van der Waals surface area contributed by atoms with E-state index in [4.69, 9.17) is 5.11 Å². The molecule has 0 atom stereocenters. The highest BCUT2D eigenvalue weighted by atomic mass is 19.1. The predicted octanol–water partition coefficient (Wildman–Crippen LogP) is 2.30. The molecule has 2 rings (SSSR count). The molecule has 0 spiro atoms. The molecule has 1 aliphatic rings. The van der Waals surface area contributed by atoms with Crippen molar-refractivity contribution in [2.45, 2.75) is 43.7 Å². The Bertz CT molecular complexity index is 613. The van der Waals surface area contributed by atoms with Gasteiger partial charge in [-0.2, -0.15) is 0 Å². The highest BCUT2D eigenvalue weighted by Crippen LogP contribution is 2.41. The molecule has 2 amide bonds. The smallest absolute Gasteiger partial charge is 0.404 e. The number of hydrogen-bond donors (Lipinski definition) is 3. The Hall–Kier alpha value is -2.15. The standard InChI is InChI=1S/C18H26FN3O3/c1-22(2)18(13-4-3-5-14(19)12-13)9-6-15(7-10-18)21-16(23)8-11-20-17(24)25/h3-5,12,15,20H,6-11H2,1-2H3,(H,21,23)(H,24,25). The third kappa shape index (κ3) is 4.92. The normalized spacial score (nSPS) is 23.3. The molecule has 1 fully saturated rings. The Morgan fingerprint density at radius 2 is 2.00 bits per heavy atom. The van der Waals surface area contributed by atoms with E-state index < -0.39 is 6.09 Å². The largest absolute Gasteiger partial charge is 0.465 e. The number of halogens is 1. The van der Waals surface area contributed by atoms with E-state index in [2.05, 4.69) is 15.5 Å². The average Bonchev–Trinajstić information content (AvgIpc) is 2.55. The fourth-order valence-electron chi connectivity index (χ4n) is 3.59. The summed E-state index contributed by atoms with van der Waals surface area (Å²) in [7, 11) is 4.00. The summed E-state index contributed by atoms with van der Waals surface area (Å²) in [6.45, 7) is 0.110. The summed E-state index contributed by atoms with van der Waals surface area (Å²) in [6, 6.07) is 6.80. The molecule has 7 heteroatoms. The molecule has 138 valence electrons. The number of carbonyl (C=O) groups is 2. The number of amides is 2. The minimum Gasteiger partial charge on any atom is -0.465 e. The van der Waals surface area contributed by atoms with Crippen LogP contribution in [0.1, 0.15) is 37.7 Å². The van der Waals surface area contributed by atoms with Gasteiger partial charge in [-0.15, -0.1) is 0 Å². The van der Waals surface area contributed by atoms with Gasteiger partial charge in [-0.25, -0.2) is 9.18 Å². The van der Waals surface area contributed by atoms with Crippen LogP contribution in [0.25, 0.3) is 0 Å². The lowest BCUT2D eigenvalue weighted by atomic mass is 9.74. The first-order chi connectivity index (χ1) is 11.8. The van der Waals surface area contributed by atoms with Crippen LogP contribution < -0.4 is 10.6 Å². The number of hydrogen-bond acceptors (Lipinski definition) is 3. The Morgan fingerprint density at radius 3 is 2.56 bits per heavy atom. The number of nitrogens with one attached hydrogen (secondary N) is 2. The first kappa shape index (κ1) is 19.2. The van der Waals surface area contributed by atoms with Crippen LogP contribution in [0.4, 0.5) is 9.18 Å². The Labute approximate surface area is 147 Å². The van der Waals surface area contributed by atoms with Crippen LogP contribution >= 0.6 is 0 Å². The third-order valence-corrected chi connectivity index (χ3v) is 5.02. The Morgan fingerprint density at radius 1 is 1.32 bits per heavy atom. The van der Waals surface area contributed by atoms with E-state index in [-0.39, 0.29) is 36.3 Å². The van der Waals surface area contributed by atoms with E-state index in [0.29, 0.717) is 0 Å². The van der Waals surface area contributed by atoms with Crippen LogP contribution in [0.3, 0.4) is 0 Å². The first-order valence-corrected chi connectivity index (χ1v) is 8.53. The van der Waals surface area contributed by atoms with Crippen molar-refractivity contribution in [1.82, 2.24) is 15.5 Å². The van der Waals surface area contributed by atoms with Crippen LogP contribution in [-0.2, 0) is 10.3 Å². The van der Waals surface area contributed by atoms with Gasteiger partial charge in [0.05, 0.1) is 0 Å². The second-order valence-electron chi connectivity index (χ2n) is 6.76. The van der Waals surface area contributed by atoms with Gasteiger partial charge >= 0.3 is 6.09 Å². The Balaban J connectivity index is 1.94. The molecule has 1 aliphatic carbocycles. The molecule has 1 aromatic rings. The molecule has 0 aromatic heterocycles. The second kappa shape index (κ2) is 8.29. The monoisotopic (exact) mass is 351 g/mol. The van der Waals surface area contributed by atoms with E-state index >= 15 is 0 Å². The van der Waals surface area contributed by atoms with E-state index in [0.717, 1.165) is 31.2 Å². The van der Waals surface area contributed by atoms with Gasteiger partial charge in [0.1, 0.15) is 5.82 Å². The topological polar surface area (TPSA) is 81.7 Å². The highest BCUT2D eigenvalue weighted by Gasteiger charge is 2.39. The molecule has 6 nitrogen and oxygen atoms in total. The van der Waals surface area contributed by atoms with Crippen molar-refractivity contribution >= 4 is 12.0 Å². The fraction of sp³-hybridized carbons (Fsp3) is 0.556. The lowest BCUT2D eigenvalue weighted by Crippen LogP contribution is -2.49. The van der Waals surface area contributed by atoms with Gasteiger partial charge in [-0.3, -0.25) is 9.69 Å². The van der Waals surface area contributed by atoms with Crippen LogP contribution in [0.5, 0.6) is 0 Å². The number of carbonyl (C=O) groups excluding carboxylic acids is 1. The maximum Gasteiger partial charge on any atom is 0.404 e. The highest BCUT2D eigenvalue weighted by molar-refractivity contribution is 5.77. The van der Waals surface area contributed by atoms with E-state index in [1.54, 1.807) is 12.1 Å². The maximum absolute atomic E-state index is 13.7. The first-order valence-electron chi connectivity index (χ1n) is 8.53. The summed E-state index contributed by atoms with van der Waals surface area (Å²) < 4.78 is 13.7. The van der Waals surface area contributed by atoms with Crippen LogP contribution in [0.2, 0.25) is 0 Å². The van der Waals surface area contributed by atoms with Crippen molar-refractivity contribution < 1.29 is 19.1 Å². The van der Waals surface area contributed by atoms with E-state index in [1.165, 1.54) is 6.07 Å². The van der Waals surface area contributed by atoms with Crippen LogP contribution in [0, 0.1) is 5.82 Å². The quantitative estimate of drug-likeness (QED) is 0.734. The molecule has 0 radical (unpaired) electrons. The molecule has 0 unspecified atom stereocenters. The molecule has 0 heterocycles. The molecular weight excluding hydrogens is 325 g/mol. The summed E-state index contributed by atoms with van der Waals surface area (Å²) in [4.78, 5) is 24.4. The minimum absolute atomic E-state index is 0.0685. The van der Waals surface area contributed by atoms with Crippen LogP contribution in [0.15, 0.2) is 24.3 Å². The Kier molecular flexibility index (Phi) is 6.36. The zero-order valence-electron chi connectivity index (χ0n) is 14.7. The number of carboxylic acid groups (broad SMARTS) is 1. The summed E-state index contributed by atoms with van der Waals surface area (Å²) in [6.07, 6.45) is 2.24. The average molecular weight is 351 g/mol. The van der Waals surface area contributed by atoms with Crippen molar-refractivity contribution in [2.24, 2.45) is 0 Å². The summed E-state index contributed by atoms with van der Waals surface area (Å²) in [5.74, 6) is -0.387. The van der Waals surface area contributed by atoms with Crippen molar-refractivity contribution in [2.75, 3.05) is 20.6 Å². The molecule has 25 heavy (non-hydrogen) atoms. The van der Waals surface area contributed by atoms with Gasteiger partial charge in [-0.05, 0) is 57.5 Å². The minimum atomic E-state index is -1.13. The lowest BCUT2D eigenvalue weighted by Gasteiger charge is -2.45. The third-order valence-electron chi connectivity index (χ3n) is 5.02. The van der Waals surface area contributed by atoms with Crippen molar-refractivity contribution in [1.29, 1.82) is 0 Å². The summed E-state index contributed by atoms with van der Waals surface area (Å²) in [5.41, 5.74) is 0.738. The predicted molar refractivity (Wildman–Crippen MR) is 92.8 cm³/mol. The fourth-order valence-corrected chi connectivity index (χ4v) is 3.59. The van der Waals surface area contributed by atoms with E-state index in [1.807, 2.05) is 20.2 Å². The molecule has 0 aliphatic heterocycles. The second-order valence-corrected chi connectivity index (χ2v) is 6.76. The zero-order chi connectivity index (χ0) is 18.4. The lowest BCUT2D eigenvalue weighted by molar-refractivity contribution is -0.122. The van der Waals surface area contributed by atoms with Gasteiger partial charge in [0.15, 0.2) is 0 Å². The van der Waals surface area contributed by atoms with E-state index in [9.17, 15) is 14.0 Å². The summed E-state index contributed by atoms with van der Waals surface area (Å²) >= 11 is 0. The SMILES string of the molecule is CN(C)C1(c2cccc(F)c2)CCC(NC(=O)CCNC(=O)O)CC1. The molecular formula is C18H26FN3O3. The maximum atomic E-state index is 13.7. The van der Waals surface area contributed by atoms with Crippen molar-refractivity contribution in [3.05, 3.63) is 35.6 Å².